The number of halogens is 2. The van der Waals surface area contributed by atoms with E-state index in [1.807, 2.05) is 0 Å². The fourth-order valence-electron chi connectivity index (χ4n) is 2.97. The maximum atomic E-state index is 14.3. The summed E-state index contributed by atoms with van der Waals surface area (Å²) in [6.07, 6.45) is 0. The number of benzene rings is 2. The molecule has 1 aliphatic heterocycles. The molecule has 0 saturated carbocycles. The van der Waals surface area contributed by atoms with E-state index in [0.717, 1.165) is 0 Å². The monoisotopic (exact) mass is 407 g/mol. The number of nitrogens with one attached hydrogen (secondary N) is 1. The van der Waals surface area contributed by atoms with Crippen LogP contribution in [-0.4, -0.2) is 26.2 Å². The van der Waals surface area contributed by atoms with Crippen LogP contribution in [0.3, 0.4) is 0 Å². The second-order valence-electron chi connectivity index (χ2n) is 5.89. The molecule has 0 fully saturated rings. The number of thiophene rings is 1. The summed E-state index contributed by atoms with van der Waals surface area (Å²) in [6, 6.07) is 7.98. The summed E-state index contributed by atoms with van der Waals surface area (Å²) in [5, 5.41) is 3.51. The Kier molecular flexibility index (Phi) is 4.90. The van der Waals surface area contributed by atoms with Gasteiger partial charge in [0, 0.05) is 34.9 Å². The fraction of sp³-hybridized carbons (Fsp3) is 0.211. The largest absolute Gasteiger partial charge is 0.486 e. The van der Waals surface area contributed by atoms with Crippen molar-refractivity contribution in [1.82, 2.24) is 0 Å². The van der Waals surface area contributed by atoms with E-state index >= 15 is 0 Å². The molecule has 2 aromatic carbocycles. The molecule has 0 radical (unpaired) electrons. The Morgan fingerprint density at radius 1 is 1.30 bits per heavy atom. The minimum atomic E-state index is -0.388. The van der Waals surface area contributed by atoms with Gasteiger partial charge in [-0.2, -0.15) is 0 Å². The molecule has 140 valence electrons. The number of carbonyl (C=O) groups excluding carboxylic acids is 1. The number of amides is 1. The molecule has 5 nitrogen and oxygen atoms in total. The lowest BCUT2D eigenvalue weighted by atomic mass is 10.1. The number of ether oxygens (including phenoxy) is 3. The van der Waals surface area contributed by atoms with E-state index in [-0.39, 0.29) is 18.3 Å². The number of methoxy groups -OCH3 is 1. The third-order valence-corrected chi connectivity index (χ3v) is 5.65. The molecule has 2 heterocycles. The number of fused-ring (bicyclic) bond motifs is 2. The zero-order valence-corrected chi connectivity index (χ0v) is 15.9. The molecule has 27 heavy (non-hydrogen) atoms. The van der Waals surface area contributed by atoms with E-state index in [1.165, 1.54) is 24.5 Å². The molecule has 3 aromatic rings. The molecule has 0 bridgehead atoms. The standard InChI is InChI=1S/C19H15ClFNO4S/c1-24-9-10-17-12(21)3-2-4-16(17)27-18(10)19(23)22-13-8-15-14(7-11(13)20)25-5-6-26-15/h2-4,7-8H,5-6,9H2,1H3,(H,22,23). The molecular formula is C19H15ClFNO4S. The predicted octanol–water partition coefficient (Wildman–Crippen LogP) is 4.86. The summed E-state index contributed by atoms with van der Waals surface area (Å²) in [7, 11) is 1.50. The Morgan fingerprint density at radius 3 is 2.78 bits per heavy atom. The normalized spacial score (nSPS) is 13.0. The van der Waals surface area contributed by atoms with Crippen molar-refractivity contribution >= 4 is 44.6 Å². The van der Waals surface area contributed by atoms with Crippen LogP contribution in [0.5, 0.6) is 11.5 Å². The van der Waals surface area contributed by atoms with E-state index in [4.69, 9.17) is 25.8 Å². The predicted molar refractivity (Wildman–Crippen MR) is 103 cm³/mol. The molecular weight excluding hydrogens is 393 g/mol. The van der Waals surface area contributed by atoms with Crippen molar-refractivity contribution in [2.75, 3.05) is 25.6 Å². The van der Waals surface area contributed by atoms with Crippen molar-refractivity contribution < 1.29 is 23.4 Å². The highest BCUT2D eigenvalue weighted by molar-refractivity contribution is 7.21. The first-order valence-corrected chi connectivity index (χ1v) is 9.37. The minimum absolute atomic E-state index is 0.124. The van der Waals surface area contributed by atoms with Gasteiger partial charge in [0.15, 0.2) is 11.5 Å². The van der Waals surface area contributed by atoms with Crippen LogP contribution in [-0.2, 0) is 11.3 Å². The molecule has 1 N–H and O–H groups in total. The summed E-state index contributed by atoms with van der Waals surface area (Å²) in [5.74, 6) is 0.280. The van der Waals surface area contributed by atoms with Crippen LogP contribution in [0.1, 0.15) is 15.2 Å². The SMILES string of the molecule is COCc1c(C(=O)Nc2cc3c(cc2Cl)OCCO3)sc2cccc(F)c12. The topological polar surface area (TPSA) is 56.8 Å². The summed E-state index contributed by atoms with van der Waals surface area (Å²) < 4.78 is 31.2. The third kappa shape index (κ3) is 3.34. The first-order valence-electron chi connectivity index (χ1n) is 8.18. The minimum Gasteiger partial charge on any atom is -0.486 e. The number of carbonyl (C=O) groups is 1. The highest BCUT2D eigenvalue weighted by atomic mass is 35.5. The molecule has 8 heteroatoms. The summed E-state index contributed by atoms with van der Waals surface area (Å²) in [6.45, 7) is 0.997. The van der Waals surface area contributed by atoms with Gasteiger partial charge in [0.25, 0.3) is 5.91 Å². The van der Waals surface area contributed by atoms with Crippen LogP contribution < -0.4 is 14.8 Å². The van der Waals surface area contributed by atoms with Gasteiger partial charge >= 0.3 is 0 Å². The quantitative estimate of drug-likeness (QED) is 0.670. The number of rotatable bonds is 4. The van der Waals surface area contributed by atoms with Gasteiger partial charge in [0.2, 0.25) is 0 Å². The average Bonchev–Trinajstić information content (AvgIpc) is 3.03. The van der Waals surface area contributed by atoms with Crippen LogP contribution in [0.25, 0.3) is 10.1 Å². The van der Waals surface area contributed by atoms with Gasteiger partial charge in [-0.1, -0.05) is 17.7 Å². The van der Waals surface area contributed by atoms with Gasteiger partial charge in [-0.3, -0.25) is 4.79 Å². The zero-order chi connectivity index (χ0) is 19.0. The summed E-state index contributed by atoms with van der Waals surface area (Å²) in [4.78, 5) is 13.3. The molecule has 0 saturated heterocycles. The first kappa shape index (κ1) is 18.0. The van der Waals surface area contributed by atoms with E-state index in [0.29, 0.717) is 55.9 Å². The Hall–Kier alpha value is -2.35. The first-order chi connectivity index (χ1) is 13.1. The smallest absolute Gasteiger partial charge is 0.266 e. The molecule has 0 spiro atoms. The number of hydrogen-bond donors (Lipinski definition) is 1. The maximum Gasteiger partial charge on any atom is 0.266 e. The number of anilines is 1. The van der Waals surface area contributed by atoms with Gasteiger partial charge in [0.05, 0.1) is 22.2 Å². The molecule has 0 aliphatic carbocycles. The second kappa shape index (κ2) is 7.34. The van der Waals surface area contributed by atoms with Crippen LogP contribution in [0.2, 0.25) is 5.02 Å². The third-order valence-electron chi connectivity index (χ3n) is 4.14. The van der Waals surface area contributed by atoms with Crippen molar-refractivity contribution in [3.8, 4) is 11.5 Å². The van der Waals surface area contributed by atoms with Gasteiger partial charge in [-0.15, -0.1) is 11.3 Å². The van der Waals surface area contributed by atoms with Crippen molar-refractivity contribution in [3.05, 3.63) is 51.6 Å². The Morgan fingerprint density at radius 2 is 2.04 bits per heavy atom. The lowest BCUT2D eigenvalue weighted by Gasteiger charge is -2.20. The van der Waals surface area contributed by atoms with Crippen LogP contribution >= 0.6 is 22.9 Å². The van der Waals surface area contributed by atoms with Gasteiger partial charge < -0.3 is 19.5 Å². The highest BCUT2D eigenvalue weighted by Gasteiger charge is 2.22. The molecule has 0 atom stereocenters. The Labute approximate surface area is 163 Å². The molecule has 1 aromatic heterocycles. The van der Waals surface area contributed by atoms with E-state index in [1.54, 1.807) is 24.3 Å². The maximum absolute atomic E-state index is 14.3. The van der Waals surface area contributed by atoms with Gasteiger partial charge in [-0.05, 0) is 12.1 Å². The molecule has 1 aliphatic rings. The summed E-state index contributed by atoms with van der Waals surface area (Å²) >= 11 is 7.47. The Balaban J connectivity index is 1.71. The van der Waals surface area contributed by atoms with Gasteiger partial charge in [0.1, 0.15) is 19.0 Å². The molecule has 0 unspecified atom stereocenters. The van der Waals surface area contributed by atoms with Crippen LogP contribution in [0.15, 0.2) is 30.3 Å². The van der Waals surface area contributed by atoms with E-state index in [2.05, 4.69) is 5.32 Å². The van der Waals surface area contributed by atoms with Crippen LogP contribution in [0, 0.1) is 5.82 Å². The average molecular weight is 408 g/mol. The van der Waals surface area contributed by atoms with Crippen molar-refractivity contribution in [1.29, 1.82) is 0 Å². The van der Waals surface area contributed by atoms with Crippen molar-refractivity contribution in [2.24, 2.45) is 0 Å². The van der Waals surface area contributed by atoms with Gasteiger partial charge in [-0.25, -0.2) is 4.39 Å². The molecule has 1 amide bonds. The lowest BCUT2D eigenvalue weighted by Crippen LogP contribution is -2.17. The molecule has 4 rings (SSSR count). The fourth-order valence-corrected chi connectivity index (χ4v) is 4.29. The highest BCUT2D eigenvalue weighted by Crippen LogP contribution is 2.39. The summed E-state index contributed by atoms with van der Waals surface area (Å²) in [5.41, 5.74) is 0.911. The zero-order valence-electron chi connectivity index (χ0n) is 14.3. The van der Waals surface area contributed by atoms with Crippen molar-refractivity contribution in [3.63, 3.8) is 0 Å². The Bertz CT molecular complexity index is 1040. The lowest BCUT2D eigenvalue weighted by molar-refractivity contribution is 0.102. The second-order valence-corrected chi connectivity index (χ2v) is 7.34. The van der Waals surface area contributed by atoms with Crippen molar-refractivity contribution in [2.45, 2.75) is 6.61 Å². The van der Waals surface area contributed by atoms with Crippen LogP contribution in [0.4, 0.5) is 10.1 Å². The number of hydrogen-bond acceptors (Lipinski definition) is 5. The van der Waals surface area contributed by atoms with E-state index < -0.39 is 0 Å². The van der Waals surface area contributed by atoms with E-state index in [9.17, 15) is 9.18 Å².